The Balaban J connectivity index is 1.63. The summed E-state index contributed by atoms with van der Waals surface area (Å²) < 4.78 is 5.73. The molecule has 0 spiro atoms. The molecule has 0 aliphatic rings. The maximum absolute atomic E-state index is 12.4. The van der Waals surface area contributed by atoms with Gasteiger partial charge < -0.3 is 9.84 Å². The highest BCUT2D eigenvalue weighted by Gasteiger charge is 2.13. The molecule has 0 saturated carbocycles. The zero-order valence-electron chi connectivity index (χ0n) is 17.2. The summed E-state index contributed by atoms with van der Waals surface area (Å²) in [6.07, 6.45) is 12.9. The van der Waals surface area contributed by atoms with Gasteiger partial charge >= 0.3 is 0 Å². The molecular weight excluding hydrogens is 348 g/mol. The van der Waals surface area contributed by atoms with Crippen LogP contribution in [0.25, 0.3) is 0 Å². The van der Waals surface area contributed by atoms with Crippen molar-refractivity contribution in [3.63, 3.8) is 0 Å². The van der Waals surface area contributed by atoms with Gasteiger partial charge in [0, 0.05) is 11.6 Å². The van der Waals surface area contributed by atoms with E-state index in [1.165, 1.54) is 63.9 Å². The minimum atomic E-state index is -0.181. The lowest BCUT2D eigenvalue weighted by molar-refractivity contribution is 0.103. The molecule has 0 aromatic heterocycles. The Bertz CT molecular complexity index is 694. The van der Waals surface area contributed by atoms with Crippen molar-refractivity contribution >= 4 is 5.78 Å². The topological polar surface area (TPSA) is 46.5 Å². The number of rotatable bonds is 14. The van der Waals surface area contributed by atoms with Gasteiger partial charge in [-0.15, -0.1) is 0 Å². The Kier molecular flexibility index (Phi) is 10.2. The van der Waals surface area contributed by atoms with Gasteiger partial charge in [0.1, 0.15) is 11.5 Å². The second kappa shape index (κ2) is 13.0. The fourth-order valence-corrected chi connectivity index (χ4v) is 3.32. The van der Waals surface area contributed by atoms with Crippen LogP contribution in [0.2, 0.25) is 0 Å². The van der Waals surface area contributed by atoms with Crippen LogP contribution in [0.3, 0.4) is 0 Å². The molecule has 0 bridgehead atoms. The number of phenolic OH excluding ortho intramolecular Hbond substituents is 1. The van der Waals surface area contributed by atoms with Gasteiger partial charge in [-0.3, -0.25) is 4.79 Å². The third kappa shape index (κ3) is 7.75. The zero-order chi connectivity index (χ0) is 20.0. The Morgan fingerprint density at radius 1 is 0.821 bits per heavy atom. The van der Waals surface area contributed by atoms with Gasteiger partial charge in [0.15, 0.2) is 5.78 Å². The molecule has 0 radical (unpaired) electrons. The lowest BCUT2D eigenvalue weighted by Crippen LogP contribution is -2.02. The number of aromatic hydroxyl groups is 1. The molecule has 0 aliphatic carbocycles. The molecule has 0 fully saturated rings. The van der Waals surface area contributed by atoms with Crippen LogP contribution in [0.1, 0.15) is 87.1 Å². The van der Waals surface area contributed by atoms with Gasteiger partial charge in [0.05, 0.1) is 12.2 Å². The van der Waals surface area contributed by atoms with E-state index in [9.17, 15) is 9.90 Å². The van der Waals surface area contributed by atoms with Crippen molar-refractivity contribution in [2.75, 3.05) is 6.61 Å². The maximum Gasteiger partial charge on any atom is 0.196 e. The van der Waals surface area contributed by atoms with E-state index in [2.05, 4.69) is 6.92 Å². The Morgan fingerprint density at radius 3 is 2.04 bits per heavy atom. The van der Waals surface area contributed by atoms with E-state index in [1.54, 1.807) is 24.3 Å². The number of phenols is 1. The molecule has 2 aromatic carbocycles. The summed E-state index contributed by atoms with van der Waals surface area (Å²) in [4.78, 5) is 12.4. The van der Waals surface area contributed by atoms with Crippen molar-refractivity contribution in [1.82, 2.24) is 0 Å². The highest BCUT2D eigenvalue weighted by atomic mass is 16.5. The number of unbranched alkanes of at least 4 members (excludes halogenated alkanes) is 9. The number of benzene rings is 2. The predicted molar refractivity (Wildman–Crippen MR) is 115 cm³/mol. The minimum absolute atomic E-state index is 0.0329. The Labute approximate surface area is 169 Å². The summed E-state index contributed by atoms with van der Waals surface area (Å²) in [5.41, 5.74) is 0.870. The molecule has 1 N–H and O–H groups in total. The van der Waals surface area contributed by atoms with E-state index < -0.39 is 0 Å². The smallest absolute Gasteiger partial charge is 0.196 e. The number of ether oxygens (including phenoxy) is 1. The van der Waals surface area contributed by atoms with Crippen molar-refractivity contribution in [1.29, 1.82) is 0 Å². The van der Waals surface area contributed by atoms with E-state index in [-0.39, 0.29) is 11.5 Å². The fourth-order valence-electron chi connectivity index (χ4n) is 3.32. The van der Waals surface area contributed by atoms with Crippen LogP contribution in [0.15, 0.2) is 48.5 Å². The highest BCUT2D eigenvalue weighted by molar-refractivity contribution is 6.10. The summed E-state index contributed by atoms with van der Waals surface area (Å²) >= 11 is 0. The Morgan fingerprint density at radius 2 is 1.43 bits per heavy atom. The summed E-state index contributed by atoms with van der Waals surface area (Å²) in [7, 11) is 0. The molecule has 0 atom stereocenters. The van der Waals surface area contributed by atoms with Crippen LogP contribution in [0, 0.1) is 0 Å². The number of carbonyl (C=O) groups excluding carboxylic acids is 1. The number of hydrogen-bond acceptors (Lipinski definition) is 3. The van der Waals surface area contributed by atoms with Gasteiger partial charge in [-0.25, -0.2) is 0 Å². The SMILES string of the molecule is CCCCCCCCCCCCOc1ccc(C(=O)c2ccccc2)c(O)c1. The first-order valence-electron chi connectivity index (χ1n) is 10.8. The minimum Gasteiger partial charge on any atom is -0.507 e. The second-order valence-electron chi connectivity index (χ2n) is 7.40. The second-order valence-corrected chi connectivity index (χ2v) is 7.40. The number of ketones is 1. The third-order valence-corrected chi connectivity index (χ3v) is 5.02. The van der Waals surface area contributed by atoms with E-state index >= 15 is 0 Å². The van der Waals surface area contributed by atoms with Gasteiger partial charge in [-0.2, -0.15) is 0 Å². The molecular formula is C25H34O3. The van der Waals surface area contributed by atoms with Gasteiger partial charge in [-0.05, 0) is 18.6 Å². The standard InChI is InChI=1S/C25H34O3/c1-2-3-4-5-6-7-8-9-10-14-19-28-22-17-18-23(24(26)20-22)25(27)21-15-12-11-13-16-21/h11-13,15-18,20,26H,2-10,14,19H2,1H3. The number of carbonyl (C=O) groups is 1. The van der Waals surface area contributed by atoms with Gasteiger partial charge in [0.25, 0.3) is 0 Å². The highest BCUT2D eigenvalue weighted by Crippen LogP contribution is 2.26. The lowest BCUT2D eigenvalue weighted by atomic mass is 10.0. The maximum atomic E-state index is 12.4. The first kappa shape index (κ1) is 22.0. The van der Waals surface area contributed by atoms with Crippen LogP contribution >= 0.6 is 0 Å². The first-order chi connectivity index (χ1) is 13.7. The number of hydrogen-bond donors (Lipinski definition) is 1. The van der Waals surface area contributed by atoms with Crippen LogP contribution in [0.4, 0.5) is 0 Å². The third-order valence-electron chi connectivity index (χ3n) is 5.02. The normalized spacial score (nSPS) is 10.8. The van der Waals surface area contributed by atoms with E-state index in [1.807, 2.05) is 18.2 Å². The predicted octanol–water partition coefficient (Wildman–Crippen LogP) is 6.92. The van der Waals surface area contributed by atoms with Crippen molar-refractivity contribution in [3.05, 3.63) is 59.7 Å². The van der Waals surface area contributed by atoms with Gasteiger partial charge in [-0.1, -0.05) is 95.0 Å². The average Bonchev–Trinajstić information content (AvgIpc) is 2.72. The molecule has 0 saturated heterocycles. The van der Waals surface area contributed by atoms with Crippen LogP contribution in [-0.4, -0.2) is 17.5 Å². The van der Waals surface area contributed by atoms with E-state index in [0.29, 0.717) is 23.5 Å². The van der Waals surface area contributed by atoms with Crippen molar-refractivity contribution in [2.24, 2.45) is 0 Å². The quantitative estimate of drug-likeness (QED) is 0.285. The molecule has 3 nitrogen and oxygen atoms in total. The molecule has 0 aliphatic heterocycles. The molecule has 3 heteroatoms. The summed E-state index contributed by atoms with van der Waals surface area (Å²) in [6.45, 7) is 2.89. The van der Waals surface area contributed by atoms with Crippen molar-refractivity contribution in [2.45, 2.75) is 71.1 Å². The molecule has 0 heterocycles. The van der Waals surface area contributed by atoms with Crippen molar-refractivity contribution in [3.8, 4) is 11.5 Å². The fraction of sp³-hybridized carbons (Fsp3) is 0.480. The largest absolute Gasteiger partial charge is 0.507 e. The van der Waals surface area contributed by atoms with Crippen LogP contribution in [0.5, 0.6) is 11.5 Å². The van der Waals surface area contributed by atoms with Crippen LogP contribution < -0.4 is 4.74 Å². The monoisotopic (exact) mass is 382 g/mol. The summed E-state index contributed by atoms with van der Waals surface area (Å²) in [6, 6.07) is 13.9. The Hall–Kier alpha value is -2.29. The average molecular weight is 383 g/mol. The molecule has 2 rings (SSSR count). The van der Waals surface area contributed by atoms with E-state index in [4.69, 9.17) is 4.74 Å². The summed E-state index contributed by atoms with van der Waals surface area (Å²) in [5, 5.41) is 10.2. The van der Waals surface area contributed by atoms with Gasteiger partial charge in [0.2, 0.25) is 0 Å². The van der Waals surface area contributed by atoms with Crippen LogP contribution in [-0.2, 0) is 0 Å². The molecule has 2 aromatic rings. The molecule has 0 amide bonds. The summed E-state index contributed by atoms with van der Waals surface area (Å²) in [5.74, 6) is 0.395. The molecule has 0 unspecified atom stereocenters. The lowest BCUT2D eigenvalue weighted by Gasteiger charge is -2.09. The van der Waals surface area contributed by atoms with Crippen molar-refractivity contribution < 1.29 is 14.6 Å². The molecule has 28 heavy (non-hydrogen) atoms. The molecule has 152 valence electrons. The zero-order valence-corrected chi connectivity index (χ0v) is 17.2. The van der Waals surface area contributed by atoms with E-state index in [0.717, 1.165) is 6.42 Å². The first-order valence-corrected chi connectivity index (χ1v) is 10.8.